The van der Waals surface area contributed by atoms with E-state index in [0.717, 1.165) is 60.9 Å². The molecule has 9 heteroatoms. The number of anilines is 1. The molecule has 2 heterocycles. The lowest BCUT2D eigenvalue weighted by atomic mass is 10.1. The Bertz CT molecular complexity index is 1120. The lowest BCUT2D eigenvalue weighted by Crippen LogP contribution is -2.36. The van der Waals surface area contributed by atoms with E-state index in [-0.39, 0.29) is 6.61 Å². The van der Waals surface area contributed by atoms with Crippen LogP contribution in [0.2, 0.25) is 0 Å². The number of morpholine rings is 1. The van der Waals surface area contributed by atoms with Gasteiger partial charge in [0.1, 0.15) is 12.4 Å². The van der Waals surface area contributed by atoms with Crippen molar-refractivity contribution in [2.75, 3.05) is 44.6 Å². The van der Waals surface area contributed by atoms with Gasteiger partial charge in [-0.3, -0.25) is 4.18 Å². The third-order valence-corrected chi connectivity index (χ3v) is 5.58. The lowest BCUT2D eigenvalue weighted by Gasteiger charge is -2.28. The molecule has 1 aromatic heterocycles. The molecule has 0 bridgehead atoms. The van der Waals surface area contributed by atoms with Crippen LogP contribution in [0.3, 0.4) is 0 Å². The van der Waals surface area contributed by atoms with Gasteiger partial charge >= 0.3 is 0 Å². The van der Waals surface area contributed by atoms with Gasteiger partial charge in [-0.15, -0.1) is 0 Å². The Morgan fingerprint density at radius 3 is 2.26 bits per heavy atom. The first-order valence-electron chi connectivity index (χ1n) is 9.94. The fraction of sp³-hybridized carbons (Fsp3) is 0.318. The molecule has 3 aromatic rings. The van der Waals surface area contributed by atoms with Crippen molar-refractivity contribution in [3.05, 3.63) is 60.3 Å². The number of nitrogens with zero attached hydrogens (tertiary/aromatic N) is 3. The summed E-state index contributed by atoms with van der Waals surface area (Å²) in [6.07, 6.45) is 1.03. The molecule has 1 saturated heterocycles. The Kier molecular flexibility index (Phi) is 6.26. The van der Waals surface area contributed by atoms with Crippen LogP contribution in [-0.4, -0.2) is 57.9 Å². The maximum absolute atomic E-state index is 11.4. The monoisotopic (exact) mass is 443 g/mol. The van der Waals surface area contributed by atoms with Gasteiger partial charge in [0.15, 0.2) is 0 Å². The minimum absolute atomic E-state index is 0.124. The Morgan fingerprint density at radius 1 is 1.00 bits per heavy atom. The zero-order valence-electron chi connectivity index (χ0n) is 17.5. The first-order valence-corrected chi connectivity index (χ1v) is 11.8. The van der Waals surface area contributed by atoms with E-state index in [4.69, 9.17) is 13.7 Å². The molecule has 0 spiro atoms. The number of ether oxygens (including phenoxy) is 2. The normalized spacial score (nSPS) is 14.6. The van der Waals surface area contributed by atoms with Crippen molar-refractivity contribution in [1.29, 1.82) is 0 Å². The SMILES string of the molecule is COc1ccc(-n2nc(COS(C)(=O)=O)cc2-c2ccc(N3CCOCC3)cc2)cc1. The van der Waals surface area contributed by atoms with Gasteiger partial charge < -0.3 is 14.4 Å². The third-order valence-electron chi connectivity index (χ3n) is 5.04. The fourth-order valence-electron chi connectivity index (χ4n) is 3.46. The number of hydrogen-bond acceptors (Lipinski definition) is 7. The second kappa shape index (κ2) is 9.09. The van der Waals surface area contributed by atoms with E-state index in [0.29, 0.717) is 5.69 Å². The highest BCUT2D eigenvalue weighted by atomic mass is 32.2. The predicted octanol–water partition coefficient (Wildman–Crippen LogP) is 2.86. The predicted molar refractivity (Wildman–Crippen MR) is 118 cm³/mol. The first kappa shape index (κ1) is 21.4. The Morgan fingerprint density at radius 2 is 1.65 bits per heavy atom. The molecule has 0 N–H and O–H groups in total. The number of benzene rings is 2. The summed E-state index contributed by atoms with van der Waals surface area (Å²) in [7, 11) is -1.95. The minimum Gasteiger partial charge on any atom is -0.497 e. The highest BCUT2D eigenvalue weighted by Crippen LogP contribution is 2.28. The highest BCUT2D eigenvalue weighted by Gasteiger charge is 2.16. The lowest BCUT2D eigenvalue weighted by molar-refractivity contribution is 0.122. The average molecular weight is 444 g/mol. The fourth-order valence-corrected chi connectivity index (χ4v) is 3.79. The zero-order chi connectivity index (χ0) is 21.8. The standard InChI is InChI=1S/C22H25N3O5S/c1-28-21-9-7-20(8-10-21)25-22(15-18(23-25)16-30-31(2,26)27)17-3-5-19(6-4-17)24-11-13-29-14-12-24/h3-10,15H,11-14,16H2,1-2H3. The Labute approximate surface area is 182 Å². The van der Waals surface area contributed by atoms with E-state index in [9.17, 15) is 8.42 Å². The van der Waals surface area contributed by atoms with Gasteiger partial charge in [0.05, 0.1) is 43.7 Å². The summed E-state index contributed by atoms with van der Waals surface area (Å²) in [5.41, 5.74) is 4.30. The van der Waals surface area contributed by atoms with Gasteiger partial charge in [-0.2, -0.15) is 13.5 Å². The smallest absolute Gasteiger partial charge is 0.264 e. The van der Waals surface area contributed by atoms with Crippen molar-refractivity contribution in [2.24, 2.45) is 0 Å². The Hall–Kier alpha value is -2.88. The molecule has 8 nitrogen and oxygen atoms in total. The number of hydrogen-bond donors (Lipinski definition) is 0. The molecular weight excluding hydrogens is 418 g/mol. The molecule has 164 valence electrons. The van der Waals surface area contributed by atoms with Crippen molar-refractivity contribution in [3.63, 3.8) is 0 Å². The summed E-state index contributed by atoms with van der Waals surface area (Å²) in [5, 5.41) is 4.59. The van der Waals surface area contributed by atoms with Crippen LogP contribution in [0.5, 0.6) is 5.75 Å². The third kappa shape index (κ3) is 5.25. The number of aromatic nitrogens is 2. The van der Waals surface area contributed by atoms with Crippen LogP contribution >= 0.6 is 0 Å². The number of methoxy groups -OCH3 is 1. The van der Waals surface area contributed by atoms with Gasteiger partial charge in [-0.05, 0) is 42.5 Å². The molecule has 0 radical (unpaired) electrons. The second-order valence-electron chi connectivity index (χ2n) is 7.24. The largest absolute Gasteiger partial charge is 0.497 e. The minimum atomic E-state index is -3.56. The summed E-state index contributed by atoms with van der Waals surface area (Å²) in [6.45, 7) is 3.08. The van der Waals surface area contributed by atoms with Gasteiger partial charge in [0.25, 0.3) is 10.1 Å². The average Bonchev–Trinajstić information content (AvgIpc) is 3.22. The molecule has 31 heavy (non-hydrogen) atoms. The van der Waals surface area contributed by atoms with E-state index in [1.165, 1.54) is 0 Å². The number of rotatable bonds is 7. The highest BCUT2D eigenvalue weighted by molar-refractivity contribution is 7.85. The second-order valence-corrected chi connectivity index (χ2v) is 8.89. The molecule has 1 fully saturated rings. The summed E-state index contributed by atoms with van der Waals surface area (Å²) < 4.78 is 40.2. The maximum Gasteiger partial charge on any atom is 0.264 e. The molecule has 1 aliphatic heterocycles. The van der Waals surface area contributed by atoms with E-state index in [1.807, 2.05) is 42.5 Å². The van der Waals surface area contributed by atoms with Crippen LogP contribution in [0.25, 0.3) is 16.9 Å². The van der Waals surface area contributed by atoms with Crippen LogP contribution in [-0.2, 0) is 25.6 Å². The van der Waals surface area contributed by atoms with Crippen LogP contribution in [0.4, 0.5) is 5.69 Å². The van der Waals surface area contributed by atoms with E-state index in [2.05, 4.69) is 22.1 Å². The van der Waals surface area contributed by atoms with Crippen molar-refractivity contribution >= 4 is 15.8 Å². The van der Waals surface area contributed by atoms with E-state index in [1.54, 1.807) is 11.8 Å². The van der Waals surface area contributed by atoms with Gasteiger partial charge in [0.2, 0.25) is 0 Å². The molecule has 4 rings (SSSR count). The van der Waals surface area contributed by atoms with Gasteiger partial charge in [-0.25, -0.2) is 4.68 Å². The topological polar surface area (TPSA) is 82.9 Å². The molecule has 2 aromatic carbocycles. The molecule has 0 atom stereocenters. The van der Waals surface area contributed by atoms with Crippen molar-refractivity contribution < 1.29 is 22.1 Å². The molecule has 1 aliphatic rings. The first-order chi connectivity index (χ1) is 14.9. The van der Waals surface area contributed by atoms with Crippen LogP contribution in [0, 0.1) is 0 Å². The molecule has 0 aliphatic carbocycles. The molecular formula is C22H25N3O5S. The summed E-state index contributed by atoms with van der Waals surface area (Å²) in [4.78, 5) is 2.29. The van der Waals surface area contributed by atoms with Crippen LogP contribution in [0.15, 0.2) is 54.6 Å². The van der Waals surface area contributed by atoms with Gasteiger partial charge in [0, 0.05) is 24.3 Å². The van der Waals surface area contributed by atoms with Crippen LogP contribution < -0.4 is 9.64 Å². The summed E-state index contributed by atoms with van der Waals surface area (Å²) in [5.74, 6) is 0.743. The molecule has 0 unspecified atom stereocenters. The van der Waals surface area contributed by atoms with Gasteiger partial charge in [-0.1, -0.05) is 12.1 Å². The quantitative estimate of drug-likeness (QED) is 0.519. The van der Waals surface area contributed by atoms with E-state index >= 15 is 0 Å². The van der Waals surface area contributed by atoms with Crippen LogP contribution in [0.1, 0.15) is 5.69 Å². The van der Waals surface area contributed by atoms with Crippen molar-refractivity contribution in [2.45, 2.75) is 6.61 Å². The summed E-state index contributed by atoms with van der Waals surface area (Å²) in [6, 6.07) is 17.6. The molecule has 0 amide bonds. The Balaban J connectivity index is 1.67. The van der Waals surface area contributed by atoms with Crippen molar-refractivity contribution in [1.82, 2.24) is 9.78 Å². The summed E-state index contributed by atoms with van der Waals surface area (Å²) >= 11 is 0. The van der Waals surface area contributed by atoms with E-state index < -0.39 is 10.1 Å². The molecule has 0 saturated carbocycles. The van der Waals surface area contributed by atoms with Crippen molar-refractivity contribution in [3.8, 4) is 22.7 Å². The maximum atomic E-state index is 11.4. The zero-order valence-corrected chi connectivity index (χ0v) is 18.3.